The molecule has 1 aromatic carbocycles. The van der Waals surface area contributed by atoms with Gasteiger partial charge in [0.2, 0.25) is 10.0 Å². The standard InChI is InChI=1S/C15H23N3O3S.ClH/c1-10(8-16)9-17-15(19)14-7-13(6-3-11(14)2)22(20,21)18-12-4-5-12;/h3,6-7,10,12,18H,4-5,8-9,16H2,1-2H3,(H,17,19);1H. The van der Waals surface area contributed by atoms with Gasteiger partial charge in [-0.05, 0) is 49.9 Å². The first-order valence-electron chi connectivity index (χ1n) is 7.44. The minimum atomic E-state index is -3.56. The molecular formula is C15H24ClN3O3S. The second-order valence-electron chi connectivity index (χ2n) is 5.92. The van der Waals surface area contributed by atoms with Gasteiger partial charge >= 0.3 is 0 Å². The normalized spacial score (nSPS) is 15.6. The first-order chi connectivity index (χ1) is 10.3. The van der Waals surface area contributed by atoms with E-state index in [1.165, 1.54) is 12.1 Å². The Labute approximate surface area is 143 Å². The van der Waals surface area contributed by atoms with E-state index in [9.17, 15) is 13.2 Å². The molecule has 23 heavy (non-hydrogen) atoms. The van der Waals surface area contributed by atoms with Crippen LogP contribution >= 0.6 is 12.4 Å². The van der Waals surface area contributed by atoms with E-state index in [0.29, 0.717) is 18.7 Å². The number of nitrogens with one attached hydrogen (secondary N) is 2. The molecule has 6 nitrogen and oxygen atoms in total. The van der Waals surface area contributed by atoms with E-state index in [2.05, 4.69) is 10.0 Å². The lowest BCUT2D eigenvalue weighted by atomic mass is 10.1. The highest BCUT2D eigenvalue weighted by Gasteiger charge is 2.28. The number of hydrogen-bond donors (Lipinski definition) is 3. The van der Waals surface area contributed by atoms with Crippen molar-refractivity contribution in [1.29, 1.82) is 0 Å². The summed E-state index contributed by atoms with van der Waals surface area (Å²) < 4.78 is 27.1. The van der Waals surface area contributed by atoms with Gasteiger partial charge in [0.1, 0.15) is 0 Å². The Morgan fingerprint density at radius 2 is 2.04 bits per heavy atom. The fourth-order valence-electron chi connectivity index (χ4n) is 1.95. The molecule has 0 radical (unpaired) electrons. The maximum absolute atomic E-state index is 12.2. The predicted molar refractivity (Wildman–Crippen MR) is 92.3 cm³/mol. The number of benzene rings is 1. The number of aryl methyl sites for hydroxylation is 1. The van der Waals surface area contributed by atoms with E-state index in [-0.39, 0.29) is 35.2 Å². The number of rotatable bonds is 7. The first-order valence-corrected chi connectivity index (χ1v) is 8.93. The van der Waals surface area contributed by atoms with Crippen LogP contribution in [0, 0.1) is 12.8 Å². The minimum Gasteiger partial charge on any atom is -0.352 e. The zero-order valence-electron chi connectivity index (χ0n) is 13.3. The maximum atomic E-state index is 12.2. The number of sulfonamides is 1. The van der Waals surface area contributed by atoms with Gasteiger partial charge in [0.15, 0.2) is 0 Å². The van der Waals surface area contributed by atoms with E-state index in [4.69, 9.17) is 5.73 Å². The fourth-order valence-corrected chi connectivity index (χ4v) is 3.28. The third-order valence-electron chi connectivity index (χ3n) is 3.68. The third-order valence-corrected chi connectivity index (χ3v) is 5.19. The van der Waals surface area contributed by atoms with Gasteiger partial charge in [0.25, 0.3) is 5.91 Å². The largest absolute Gasteiger partial charge is 0.352 e. The quantitative estimate of drug-likeness (QED) is 0.678. The molecule has 1 aromatic rings. The monoisotopic (exact) mass is 361 g/mol. The molecule has 0 spiro atoms. The molecule has 1 aliphatic rings. The van der Waals surface area contributed by atoms with Gasteiger partial charge in [-0.25, -0.2) is 13.1 Å². The number of carbonyl (C=O) groups is 1. The van der Waals surface area contributed by atoms with Crippen molar-refractivity contribution in [1.82, 2.24) is 10.0 Å². The molecule has 0 bridgehead atoms. The number of halogens is 1. The highest BCUT2D eigenvalue weighted by atomic mass is 35.5. The van der Waals surface area contributed by atoms with Crippen LogP contribution in [0.1, 0.15) is 35.7 Å². The van der Waals surface area contributed by atoms with E-state index >= 15 is 0 Å². The molecule has 130 valence electrons. The van der Waals surface area contributed by atoms with E-state index in [1.807, 2.05) is 6.92 Å². The Bertz CT molecular complexity index is 660. The lowest BCUT2D eigenvalue weighted by Crippen LogP contribution is -2.32. The molecule has 0 aromatic heterocycles. The van der Waals surface area contributed by atoms with Crippen LogP contribution in [0.4, 0.5) is 0 Å². The van der Waals surface area contributed by atoms with Gasteiger partial charge in [0.05, 0.1) is 4.90 Å². The van der Waals surface area contributed by atoms with Gasteiger partial charge in [-0.3, -0.25) is 4.79 Å². The van der Waals surface area contributed by atoms with Crippen LogP contribution in [-0.2, 0) is 10.0 Å². The molecule has 1 amide bonds. The van der Waals surface area contributed by atoms with Crippen LogP contribution in [0.25, 0.3) is 0 Å². The average Bonchev–Trinajstić information content (AvgIpc) is 3.27. The summed E-state index contributed by atoms with van der Waals surface area (Å²) in [6.07, 6.45) is 1.74. The highest BCUT2D eigenvalue weighted by molar-refractivity contribution is 7.89. The third kappa shape index (κ3) is 5.46. The lowest BCUT2D eigenvalue weighted by Gasteiger charge is -2.13. The van der Waals surface area contributed by atoms with Crippen molar-refractivity contribution in [2.24, 2.45) is 11.7 Å². The lowest BCUT2D eigenvalue weighted by molar-refractivity contribution is 0.0947. The molecule has 8 heteroatoms. The van der Waals surface area contributed by atoms with Crippen molar-refractivity contribution in [3.63, 3.8) is 0 Å². The van der Waals surface area contributed by atoms with Crippen LogP contribution in [0.2, 0.25) is 0 Å². The number of carbonyl (C=O) groups excluding carboxylic acids is 1. The zero-order valence-corrected chi connectivity index (χ0v) is 15.0. The summed E-state index contributed by atoms with van der Waals surface area (Å²) in [6.45, 7) is 4.67. The molecule has 1 fully saturated rings. The van der Waals surface area contributed by atoms with Gasteiger partial charge in [-0.2, -0.15) is 0 Å². The molecule has 0 heterocycles. The molecule has 2 rings (SSSR count). The van der Waals surface area contributed by atoms with Crippen molar-refractivity contribution in [3.05, 3.63) is 29.3 Å². The zero-order chi connectivity index (χ0) is 16.3. The van der Waals surface area contributed by atoms with Gasteiger partial charge in [-0.15, -0.1) is 12.4 Å². The summed E-state index contributed by atoms with van der Waals surface area (Å²) >= 11 is 0. The van der Waals surface area contributed by atoms with Gasteiger partial charge in [-0.1, -0.05) is 13.0 Å². The van der Waals surface area contributed by atoms with Crippen molar-refractivity contribution >= 4 is 28.3 Å². The predicted octanol–water partition coefficient (Wildman–Crippen LogP) is 1.18. The SMILES string of the molecule is Cc1ccc(S(=O)(=O)NC2CC2)cc1C(=O)NCC(C)CN.Cl. The Hall–Kier alpha value is -1.15. The summed E-state index contributed by atoms with van der Waals surface area (Å²) in [7, 11) is -3.56. The molecular weight excluding hydrogens is 338 g/mol. The Morgan fingerprint density at radius 1 is 1.39 bits per heavy atom. The Balaban J connectivity index is 0.00000264. The van der Waals surface area contributed by atoms with Crippen molar-refractivity contribution in [2.45, 2.75) is 37.6 Å². The summed E-state index contributed by atoms with van der Waals surface area (Å²) in [4.78, 5) is 12.4. The highest BCUT2D eigenvalue weighted by Crippen LogP contribution is 2.23. The Kier molecular flexibility index (Phi) is 7.01. The number of nitrogens with two attached hydrogens (primary N) is 1. The summed E-state index contributed by atoms with van der Waals surface area (Å²) in [6, 6.07) is 4.65. The van der Waals surface area contributed by atoms with Crippen LogP contribution in [0.15, 0.2) is 23.1 Å². The molecule has 1 saturated carbocycles. The van der Waals surface area contributed by atoms with E-state index < -0.39 is 10.0 Å². The minimum absolute atomic E-state index is 0. The van der Waals surface area contributed by atoms with Crippen molar-refractivity contribution in [3.8, 4) is 0 Å². The second kappa shape index (κ2) is 8.10. The van der Waals surface area contributed by atoms with Crippen LogP contribution in [-0.4, -0.2) is 33.5 Å². The van der Waals surface area contributed by atoms with Crippen molar-refractivity contribution in [2.75, 3.05) is 13.1 Å². The number of amides is 1. The summed E-state index contributed by atoms with van der Waals surface area (Å²) in [5.41, 5.74) is 6.64. The molecule has 4 N–H and O–H groups in total. The second-order valence-corrected chi connectivity index (χ2v) is 7.64. The fraction of sp³-hybridized carbons (Fsp3) is 0.533. The van der Waals surface area contributed by atoms with Crippen LogP contribution in [0.3, 0.4) is 0 Å². The summed E-state index contributed by atoms with van der Waals surface area (Å²) in [5.74, 6) is -0.103. The molecule has 0 aliphatic heterocycles. The molecule has 0 saturated heterocycles. The van der Waals surface area contributed by atoms with Crippen molar-refractivity contribution < 1.29 is 13.2 Å². The topological polar surface area (TPSA) is 101 Å². The van der Waals surface area contributed by atoms with E-state index in [1.54, 1.807) is 13.0 Å². The average molecular weight is 362 g/mol. The smallest absolute Gasteiger partial charge is 0.251 e. The van der Waals surface area contributed by atoms with E-state index in [0.717, 1.165) is 18.4 Å². The maximum Gasteiger partial charge on any atom is 0.251 e. The Morgan fingerprint density at radius 3 is 2.61 bits per heavy atom. The summed E-state index contributed by atoms with van der Waals surface area (Å²) in [5, 5.41) is 2.79. The van der Waals surface area contributed by atoms with Crippen LogP contribution in [0.5, 0.6) is 0 Å². The molecule has 1 atom stereocenters. The molecule has 1 unspecified atom stereocenters. The van der Waals surface area contributed by atoms with Crippen LogP contribution < -0.4 is 15.8 Å². The van der Waals surface area contributed by atoms with Gasteiger partial charge in [0, 0.05) is 18.2 Å². The van der Waals surface area contributed by atoms with Gasteiger partial charge < -0.3 is 11.1 Å². The number of hydrogen-bond acceptors (Lipinski definition) is 4. The molecule has 1 aliphatic carbocycles. The first kappa shape index (κ1) is 19.9.